The Labute approximate surface area is 123 Å². The third kappa shape index (κ3) is 3.17. The van der Waals surface area contributed by atoms with Gasteiger partial charge in [0.1, 0.15) is 5.15 Å². The fourth-order valence-electron chi connectivity index (χ4n) is 1.54. The summed E-state index contributed by atoms with van der Waals surface area (Å²) < 4.78 is 4.77. The van der Waals surface area contributed by atoms with E-state index in [1.807, 2.05) is 0 Å². The molecule has 2 rings (SSSR count). The largest absolute Gasteiger partial charge is 0.451 e. The van der Waals surface area contributed by atoms with Crippen LogP contribution < -0.4 is 5.32 Å². The molecule has 1 saturated heterocycles. The van der Waals surface area contributed by atoms with Crippen molar-refractivity contribution in [2.45, 2.75) is 0 Å². The lowest BCUT2D eigenvalue weighted by Gasteiger charge is -2.12. The fraction of sp³-hybridized carbons (Fsp3) is 0.273. The number of amides is 3. The molecule has 0 atom stereocenters. The molecule has 9 heteroatoms. The molecule has 1 aromatic rings. The van der Waals surface area contributed by atoms with E-state index in [1.165, 1.54) is 12.1 Å². The quantitative estimate of drug-likeness (QED) is 0.666. The van der Waals surface area contributed by atoms with Gasteiger partial charge in [-0.25, -0.2) is 14.6 Å². The van der Waals surface area contributed by atoms with Crippen molar-refractivity contribution in [3.8, 4) is 0 Å². The molecule has 7 nitrogen and oxygen atoms in total. The average Bonchev–Trinajstić information content (AvgIpc) is 2.84. The van der Waals surface area contributed by atoms with E-state index in [0.717, 1.165) is 4.90 Å². The summed E-state index contributed by atoms with van der Waals surface area (Å²) in [5, 5.41) is 2.60. The maximum absolute atomic E-state index is 11.7. The minimum absolute atomic E-state index is 0.0609. The van der Waals surface area contributed by atoms with Crippen LogP contribution in [-0.2, 0) is 9.53 Å². The van der Waals surface area contributed by atoms with Crippen molar-refractivity contribution in [1.29, 1.82) is 0 Å². The molecule has 0 spiro atoms. The standard InChI is InChI=1S/C11H9Cl2N3O4/c12-6-1-2-7(13)15-9(6)10(18)20-5-8(17)16-4-3-14-11(16)19/h1-2H,3-5H2,(H,14,19). The van der Waals surface area contributed by atoms with Gasteiger partial charge in [-0.3, -0.25) is 9.69 Å². The van der Waals surface area contributed by atoms with Gasteiger partial charge >= 0.3 is 12.0 Å². The molecule has 1 aliphatic heterocycles. The second-order valence-electron chi connectivity index (χ2n) is 3.82. The van der Waals surface area contributed by atoms with Crippen LogP contribution in [0.1, 0.15) is 10.5 Å². The molecule has 0 aromatic carbocycles. The number of hydrogen-bond acceptors (Lipinski definition) is 5. The van der Waals surface area contributed by atoms with Gasteiger partial charge in [0.15, 0.2) is 12.3 Å². The zero-order valence-electron chi connectivity index (χ0n) is 10.1. The molecule has 106 valence electrons. The minimum Gasteiger partial charge on any atom is -0.451 e. The molecule has 1 N–H and O–H groups in total. The highest BCUT2D eigenvalue weighted by atomic mass is 35.5. The van der Waals surface area contributed by atoms with Crippen molar-refractivity contribution >= 4 is 41.1 Å². The summed E-state index contributed by atoms with van der Waals surface area (Å²) in [6.07, 6.45) is 0. The lowest BCUT2D eigenvalue weighted by molar-refractivity contribution is -0.130. The first-order valence-electron chi connectivity index (χ1n) is 5.56. The Bertz CT molecular complexity index is 579. The van der Waals surface area contributed by atoms with Crippen molar-refractivity contribution in [1.82, 2.24) is 15.2 Å². The molecule has 0 aliphatic carbocycles. The maximum atomic E-state index is 11.7. The molecule has 1 aliphatic rings. The summed E-state index contributed by atoms with van der Waals surface area (Å²) in [7, 11) is 0. The normalized spacial score (nSPS) is 14.1. The molecule has 1 fully saturated rings. The van der Waals surface area contributed by atoms with Crippen LogP contribution in [-0.4, -0.2) is 47.5 Å². The molecule has 1 aromatic heterocycles. The number of ether oxygens (including phenoxy) is 1. The number of nitrogens with zero attached hydrogens (tertiary/aromatic N) is 2. The molecular formula is C11H9Cl2N3O4. The maximum Gasteiger partial charge on any atom is 0.359 e. The molecule has 20 heavy (non-hydrogen) atoms. The number of esters is 1. The monoisotopic (exact) mass is 317 g/mol. The Morgan fingerprint density at radius 1 is 1.40 bits per heavy atom. The van der Waals surface area contributed by atoms with E-state index < -0.39 is 24.5 Å². The summed E-state index contributed by atoms with van der Waals surface area (Å²) in [6.45, 7) is 0.0440. The van der Waals surface area contributed by atoms with E-state index in [9.17, 15) is 14.4 Å². The zero-order valence-corrected chi connectivity index (χ0v) is 11.6. The van der Waals surface area contributed by atoms with Crippen molar-refractivity contribution < 1.29 is 19.1 Å². The lowest BCUT2D eigenvalue weighted by atomic mass is 10.3. The lowest BCUT2D eigenvalue weighted by Crippen LogP contribution is -2.37. The highest BCUT2D eigenvalue weighted by molar-refractivity contribution is 6.34. The van der Waals surface area contributed by atoms with Gasteiger partial charge in [0.05, 0.1) is 5.02 Å². The third-order valence-electron chi connectivity index (χ3n) is 2.49. The van der Waals surface area contributed by atoms with Crippen LogP contribution in [0.5, 0.6) is 0 Å². The van der Waals surface area contributed by atoms with Gasteiger partial charge in [0, 0.05) is 13.1 Å². The number of aromatic nitrogens is 1. The van der Waals surface area contributed by atoms with Crippen LogP contribution in [0.2, 0.25) is 10.2 Å². The summed E-state index contributed by atoms with van der Waals surface area (Å²) in [5.41, 5.74) is -0.183. The Hall–Kier alpha value is -1.86. The van der Waals surface area contributed by atoms with E-state index in [1.54, 1.807) is 0 Å². The van der Waals surface area contributed by atoms with Crippen molar-refractivity contribution in [2.24, 2.45) is 0 Å². The minimum atomic E-state index is -0.884. The predicted molar refractivity (Wildman–Crippen MR) is 69.7 cm³/mol. The number of halogens is 2. The summed E-state index contributed by atoms with van der Waals surface area (Å²) in [6, 6.07) is 2.30. The fourth-order valence-corrected chi connectivity index (χ4v) is 1.87. The van der Waals surface area contributed by atoms with Gasteiger partial charge < -0.3 is 10.1 Å². The summed E-state index contributed by atoms with van der Waals surface area (Å²) in [5.74, 6) is -1.50. The molecule has 0 bridgehead atoms. The van der Waals surface area contributed by atoms with Gasteiger partial charge in [0.2, 0.25) is 0 Å². The van der Waals surface area contributed by atoms with E-state index in [4.69, 9.17) is 27.9 Å². The number of hydrogen-bond donors (Lipinski definition) is 1. The zero-order chi connectivity index (χ0) is 14.7. The topological polar surface area (TPSA) is 88.6 Å². The number of imide groups is 1. The van der Waals surface area contributed by atoms with Gasteiger partial charge in [-0.1, -0.05) is 23.2 Å². The first-order chi connectivity index (χ1) is 9.49. The molecular weight excluding hydrogens is 309 g/mol. The number of carbonyl (C=O) groups excluding carboxylic acids is 3. The molecule has 0 saturated carbocycles. The van der Waals surface area contributed by atoms with E-state index in [-0.39, 0.29) is 22.4 Å². The Morgan fingerprint density at radius 2 is 2.15 bits per heavy atom. The van der Waals surface area contributed by atoms with E-state index in [0.29, 0.717) is 6.54 Å². The summed E-state index contributed by atoms with van der Waals surface area (Å²) in [4.78, 5) is 39.3. The number of nitrogens with one attached hydrogen (secondary N) is 1. The second kappa shape index (κ2) is 6.06. The highest BCUT2D eigenvalue weighted by Gasteiger charge is 2.27. The Balaban J connectivity index is 1.97. The molecule has 2 heterocycles. The smallest absolute Gasteiger partial charge is 0.359 e. The van der Waals surface area contributed by atoms with Crippen LogP contribution in [0.4, 0.5) is 4.79 Å². The van der Waals surface area contributed by atoms with Crippen LogP contribution in [0.25, 0.3) is 0 Å². The first kappa shape index (κ1) is 14.5. The molecule has 0 radical (unpaired) electrons. The predicted octanol–water partition coefficient (Wildman–Crippen LogP) is 1.10. The van der Waals surface area contributed by atoms with Gasteiger partial charge in [-0.15, -0.1) is 0 Å². The average molecular weight is 318 g/mol. The highest BCUT2D eigenvalue weighted by Crippen LogP contribution is 2.17. The van der Waals surface area contributed by atoms with E-state index >= 15 is 0 Å². The SMILES string of the molecule is O=C(OCC(=O)N1CCNC1=O)c1nc(Cl)ccc1Cl. The van der Waals surface area contributed by atoms with Crippen molar-refractivity contribution in [3.63, 3.8) is 0 Å². The van der Waals surface area contributed by atoms with Gasteiger partial charge in [-0.2, -0.15) is 0 Å². The van der Waals surface area contributed by atoms with Crippen LogP contribution in [0.15, 0.2) is 12.1 Å². The number of pyridine rings is 1. The van der Waals surface area contributed by atoms with Crippen molar-refractivity contribution in [2.75, 3.05) is 19.7 Å². The number of urea groups is 1. The summed E-state index contributed by atoms with van der Waals surface area (Å²) >= 11 is 11.4. The van der Waals surface area contributed by atoms with Gasteiger partial charge in [-0.05, 0) is 12.1 Å². The molecule has 0 unspecified atom stereocenters. The number of rotatable bonds is 3. The Kier molecular flexibility index (Phi) is 4.41. The van der Waals surface area contributed by atoms with Crippen molar-refractivity contribution in [3.05, 3.63) is 28.0 Å². The van der Waals surface area contributed by atoms with E-state index in [2.05, 4.69) is 10.3 Å². The first-order valence-corrected chi connectivity index (χ1v) is 6.32. The van der Waals surface area contributed by atoms with Crippen LogP contribution in [0.3, 0.4) is 0 Å². The third-order valence-corrected chi connectivity index (χ3v) is 3.01. The molecule has 3 amide bonds. The van der Waals surface area contributed by atoms with Gasteiger partial charge in [0.25, 0.3) is 5.91 Å². The van der Waals surface area contributed by atoms with Crippen LogP contribution in [0, 0.1) is 0 Å². The number of carbonyl (C=O) groups is 3. The Morgan fingerprint density at radius 3 is 2.80 bits per heavy atom. The van der Waals surface area contributed by atoms with Crippen LogP contribution >= 0.6 is 23.2 Å². The second-order valence-corrected chi connectivity index (χ2v) is 4.61.